The number of amides is 1. The van der Waals surface area contributed by atoms with Gasteiger partial charge in [0.15, 0.2) is 0 Å². The quantitative estimate of drug-likeness (QED) is 0.817. The Morgan fingerprint density at radius 2 is 2.39 bits per heavy atom. The highest BCUT2D eigenvalue weighted by atomic mass is 32.1. The monoisotopic (exact) mass is 329 g/mol. The molecule has 1 amide bonds. The van der Waals surface area contributed by atoms with E-state index in [9.17, 15) is 4.79 Å². The van der Waals surface area contributed by atoms with Crippen LogP contribution in [0.3, 0.4) is 0 Å². The Hall–Kier alpha value is -2.10. The summed E-state index contributed by atoms with van der Waals surface area (Å²) < 4.78 is 5.33. The Bertz CT molecular complexity index is 687. The summed E-state index contributed by atoms with van der Waals surface area (Å²) in [4.78, 5) is 18.0. The summed E-state index contributed by atoms with van der Waals surface area (Å²) in [6.07, 6.45) is 2.95. The Labute approximate surface area is 139 Å². The Morgan fingerprint density at radius 1 is 1.48 bits per heavy atom. The molecule has 0 bridgehead atoms. The summed E-state index contributed by atoms with van der Waals surface area (Å²) in [6, 6.07) is 7.92. The number of carbonyl (C=O) groups excluding carboxylic acids is 1. The van der Waals surface area contributed by atoms with E-state index in [0.717, 1.165) is 25.3 Å². The van der Waals surface area contributed by atoms with E-state index < -0.39 is 0 Å². The van der Waals surface area contributed by atoms with Gasteiger partial charge in [-0.05, 0) is 35.6 Å². The second kappa shape index (κ2) is 7.44. The normalized spacial score (nSPS) is 14.2. The number of nitriles is 1. The van der Waals surface area contributed by atoms with Crippen molar-refractivity contribution < 1.29 is 9.21 Å². The zero-order chi connectivity index (χ0) is 16.1. The molecule has 0 N–H and O–H groups in total. The summed E-state index contributed by atoms with van der Waals surface area (Å²) in [5, 5.41) is 10.9. The van der Waals surface area contributed by atoms with Crippen molar-refractivity contribution in [3.8, 4) is 6.07 Å². The molecule has 23 heavy (non-hydrogen) atoms. The summed E-state index contributed by atoms with van der Waals surface area (Å²) in [5.74, 6) is 0.797. The number of nitrogens with zero attached hydrogens (tertiary/aromatic N) is 3. The SMILES string of the molecule is N#CCCN(Cc1ccco1)C(=O)CN1CCc2sccc2C1. The predicted octanol–water partition coefficient (Wildman–Crippen LogP) is 2.64. The van der Waals surface area contributed by atoms with Gasteiger partial charge in [-0.15, -0.1) is 11.3 Å². The van der Waals surface area contributed by atoms with Crippen LogP contribution < -0.4 is 0 Å². The number of fused-ring (bicyclic) bond motifs is 1. The predicted molar refractivity (Wildman–Crippen MR) is 87.7 cm³/mol. The van der Waals surface area contributed by atoms with E-state index in [0.29, 0.717) is 26.1 Å². The van der Waals surface area contributed by atoms with Crippen molar-refractivity contribution in [1.29, 1.82) is 5.26 Å². The van der Waals surface area contributed by atoms with Crippen molar-refractivity contribution in [2.45, 2.75) is 25.9 Å². The van der Waals surface area contributed by atoms with Crippen LogP contribution in [-0.2, 0) is 24.3 Å². The van der Waals surface area contributed by atoms with E-state index in [4.69, 9.17) is 9.68 Å². The highest BCUT2D eigenvalue weighted by molar-refractivity contribution is 7.10. The number of hydrogen-bond donors (Lipinski definition) is 0. The van der Waals surface area contributed by atoms with Crippen molar-refractivity contribution in [2.75, 3.05) is 19.6 Å². The molecule has 120 valence electrons. The standard InChI is InChI=1S/C17H19N3O2S/c18-6-2-7-20(12-15-3-1-9-22-15)17(21)13-19-8-4-16-14(11-19)5-10-23-16/h1,3,5,9-10H,2,4,7-8,11-13H2. The first-order valence-corrected chi connectivity index (χ1v) is 8.59. The number of hydrogen-bond acceptors (Lipinski definition) is 5. The van der Waals surface area contributed by atoms with Crippen LogP contribution in [0.5, 0.6) is 0 Å². The Balaban J connectivity index is 1.60. The molecule has 0 saturated carbocycles. The molecule has 1 aliphatic heterocycles. The summed E-state index contributed by atoms with van der Waals surface area (Å²) >= 11 is 1.80. The second-order valence-corrected chi connectivity index (χ2v) is 6.63. The molecule has 3 heterocycles. The first-order chi connectivity index (χ1) is 11.3. The van der Waals surface area contributed by atoms with Crippen LogP contribution in [0.25, 0.3) is 0 Å². The first-order valence-electron chi connectivity index (χ1n) is 7.71. The van der Waals surface area contributed by atoms with Gasteiger partial charge in [-0.2, -0.15) is 5.26 Å². The van der Waals surface area contributed by atoms with Gasteiger partial charge in [-0.25, -0.2) is 0 Å². The summed E-state index contributed by atoms with van der Waals surface area (Å²) in [5.41, 5.74) is 1.34. The smallest absolute Gasteiger partial charge is 0.237 e. The largest absolute Gasteiger partial charge is 0.467 e. The van der Waals surface area contributed by atoms with Gasteiger partial charge in [0.05, 0.1) is 31.8 Å². The molecule has 0 aromatic carbocycles. The number of carbonyl (C=O) groups is 1. The van der Waals surface area contributed by atoms with E-state index in [1.54, 1.807) is 22.5 Å². The molecule has 2 aromatic rings. The van der Waals surface area contributed by atoms with Crippen LogP contribution in [0.1, 0.15) is 22.6 Å². The lowest BCUT2D eigenvalue weighted by Gasteiger charge is -2.29. The van der Waals surface area contributed by atoms with Crippen LogP contribution in [0.2, 0.25) is 0 Å². The molecule has 0 fully saturated rings. The maximum Gasteiger partial charge on any atom is 0.237 e. The molecule has 0 unspecified atom stereocenters. The molecular formula is C17H19N3O2S. The van der Waals surface area contributed by atoms with Crippen LogP contribution in [0.4, 0.5) is 0 Å². The average Bonchev–Trinajstić information content (AvgIpc) is 3.22. The third-order valence-electron chi connectivity index (χ3n) is 4.02. The van der Waals surface area contributed by atoms with Crippen molar-refractivity contribution in [2.24, 2.45) is 0 Å². The highest BCUT2D eigenvalue weighted by Gasteiger charge is 2.22. The van der Waals surface area contributed by atoms with Crippen molar-refractivity contribution in [3.05, 3.63) is 46.0 Å². The molecule has 0 atom stereocenters. The molecule has 0 radical (unpaired) electrons. The molecule has 3 rings (SSSR count). The third kappa shape index (κ3) is 4.01. The summed E-state index contributed by atoms with van der Waals surface area (Å²) in [6.45, 7) is 2.99. The van der Waals surface area contributed by atoms with Crippen molar-refractivity contribution in [3.63, 3.8) is 0 Å². The maximum atomic E-state index is 12.6. The van der Waals surface area contributed by atoms with Crippen molar-refractivity contribution >= 4 is 17.2 Å². The number of thiophene rings is 1. The highest BCUT2D eigenvalue weighted by Crippen LogP contribution is 2.23. The van der Waals surface area contributed by atoms with E-state index in [1.165, 1.54) is 10.4 Å². The van der Waals surface area contributed by atoms with Crippen LogP contribution >= 0.6 is 11.3 Å². The van der Waals surface area contributed by atoms with Gasteiger partial charge >= 0.3 is 0 Å². The van der Waals surface area contributed by atoms with E-state index in [-0.39, 0.29) is 5.91 Å². The fraction of sp³-hybridized carbons (Fsp3) is 0.412. The molecule has 6 heteroatoms. The molecule has 0 saturated heterocycles. The van der Waals surface area contributed by atoms with E-state index in [1.807, 2.05) is 12.1 Å². The fourth-order valence-electron chi connectivity index (χ4n) is 2.80. The lowest BCUT2D eigenvalue weighted by molar-refractivity contribution is -0.133. The lowest BCUT2D eigenvalue weighted by Crippen LogP contribution is -2.42. The van der Waals surface area contributed by atoms with Gasteiger partial charge in [0.25, 0.3) is 0 Å². The third-order valence-corrected chi connectivity index (χ3v) is 5.04. The first kappa shape index (κ1) is 15.8. The van der Waals surface area contributed by atoms with Gasteiger partial charge in [-0.3, -0.25) is 9.69 Å². The second-order valence-electron chi connectivity index (χ2n) is 5.63. The van der Waals surface area contributed by atoms with Crippen LogP contribution in [0, 0.1) is 11.3 Å². The lowest BCUT2D eigenvalue weighted by atomic mass is 10.1. The zero-order valence-electron chi connectivity index (χ0n) is 12.9. The van der Waals surface area contributed by atoms with Gasteiger partial charge in [0, 0.05) is 24.5 Å². The molecule has 5 nitrogen and oxygen atoms in total. The molecule has 0 aliphatic carbocycles. The number of rotatable bonds is 6. The topological polar surface area (TPSA) is 60.5 Å². The summed E-state index contributed by atoms with van der Waals surface area (Å²) in [7, 11) is 0. The average molecular weight is 329 g/mol. The van der Waals surface area contributed by atoms with Gasteiger partial charge < -0.3 is 9.32 Å². The molecule has 0 spiro atoms. The molecule has 1 aliphatic rings. The van der Waals surface area contributed by atoms with Gasteiger partial charge in [-0.1, -0.05) is 0 Å². The number of furan rings is 1. The zero-order valence-corrected chi connectivity index (χ0v) is 13.7. The van der Waals surface area contributed by atoms with E-state index in [2.05, 4.69) is 22.4 Å². The van der Waals surface area contributed by atoms with Gasteiger partial charge in [0.1, 0.15) is 5.76 Å². The fourth-order valence-corrected chi connectivity index (χ4v) is 3.69. The van der Waals surface area contributed by atoms with E-state index >= 15 is 0 Å². The van der Waals surface area contributed by atoms with Crippen molar-refractivity contribution in [1.82, 2.24) is 9.80 Å². The maximum absolute atomic E-state index is 12.6. The Morgan fingerprint density at radius 3 is 3.17 bits per heavy atom. The minimum Gasteiger partial charge on any atom is -0.467 e. The molecular weight excluding hydrogens is 310 g/mol. The minimum absolute atomic E-state index is 0.0512. The Kier molecular flexibility index (Phi) is 5.11. The molecule has 2 aromatic heterocycles. The van der Waals surface area contributed by atoms with Crippen LogP contribution in [-0.4, -0.2) is 35.3 Å². The van der Waals surface area contributed by atoms with Gasteiger partial charge in [0.2, 0.25) is 5.91 Å². The minimum atomic E-state index is 0.0512. The van der Waals surface area contributed by atoms with Crippen LogP contribution in [0.15, 0.2) is 34.3 Å².